The monoisotopic (exact) mass is 624 g/mol. The van der Waals surface area contributed by atoms with Gasteiger partial charge >= 0.3 is 0 Å². The quantitative estimate of drug-likeness (QED) is 0.291. The summed E-state index contributed by atoms with van der Waals surface area (Å²) in [7, 11) is 0. The van der Waals surface area contributed by atoms with E-state index in [1.807, 2.05) is 0 Å². The summed E-state index contributed by atoms with van der Waals surface area (Å²) in [6, 6.07) is 0.0111. The Hall–Kier alpha value is -1.24. The minimum Gasteiger partial charge on any atom is -0.393 e. The van der Waals surface area contributed by atoms with Crippen molar-refractivity contribution in [3.8, 4) is 0 Å². The molecule has 4 saturated carbocycles. The number of carbonyl (C=O) groups is 2. The lowest BCUT2D eigenvalue weighted by atomic mass is 9.33. The van der Waals surface area contributed by atoms with Crippen LogP contribution in [-0.2, 0) is 9.59 Å². The van der Waals surface area contributed by atoms with Gasteiger partial charge in [0.25, 0.3) is 0 Å². The van der Waals surface area contributed by atoms with Crippen molar-refractivity contribution in [3.05, 3.63) is 11.6 Å². The van der Waals surface area contributed by atoms with Gasteiger partial charge in [-0.25, -0.2) is 0 Å². The zero-order valence-corrected chi connectivity index (χ0v) is 30.4. The Morgan fingerprint density at radius 2 is 1.42 bits per heavy atom. The van der Waals surface area contributed by atoms with Gasteiger partial charge in [-0.2, -0.15) is 5.06 Å². The molecule has 1 heterocycles. The van der Waals surface area contributed by atoms with Gasteiger partial charge in [0, 0.05) is 28.5 Å². The van der Waals surface area contributed by atoms with Crippen LogP contribution in [0.5, 0.6) is 0 Å². The number of ketones is 1. The highest BCUT2D eigenvalue weighted by Crippen LogP contribution is 2.75. The summed E-state index contributed by atoms with van der Waals surface area (Å²) in [5.74, 6) is 0.964. The van der Waals surface area contributed by atoms with Crippen molar-refractivity contribution in [3.63, 3.8) is 0 Å². The van der Waals surface area contributed by atoms with Gasteiger partial charge in [-0.1, -0.05) is 54.0 Å². The summed E-state index contributed by atoms with van der Waals surface area (Å²) in [5.41, 5.74) is -0.431. The van der Waals surface area contributed by atoms with Crippen molar-refractivity contribution < 1.29 is 19.9 Å². The Bertz CT molecular complexity index is 1280. The number of aliphatic hydroxyl groups excluding tert-OH is 1. The van der Waals surface area contributed by atoms with Crippen LogP contribution in [0.3, 0.4) is 0 Å². The molecule has 0 spiro atoms. The number of rotatable bonds is 2. The number of hydrogen-bond acceptors (Lipinski definition) is 5. The summed E-state index contributed by atoms with van der Waals surface area (Å²) in [6.45, 7) is 24.6. The fourth-order valence-electron chi connectivity index (χ4n) is 13.1. The van der Waals surface area contributed by atoms with Crippen molar-refractivity contribution >= 4 is 11.7 Å². The van der Waals surface area contributed by atoms with Crippen LogP contribution in [0, 0.1) is 50.2 Å². The molecule has 5 aliphatic carbocycles. The van der Waals surface area contributed by atoms with E-state index in [0.717, 1.165) is 57.8 Å². The number of nitrogens with zero attached hydrogens (tertiary/aromatic N) is 1. The third-order valence-corrected chi connectivity index (χ3v) is 16.1. The van der Waals surface area contributed by atoms with Gasteiger partial charge in [0.15, 0.2) is 5.78 Å². The van der Waals surface area contributed by atoms with Crippen LogP contribution in [0.1, 0.15) is 147 Å². The Kier molecular flexibility index (Phi) is 7.41. The van der Waals surface area contributed by atoms with Crippen LogP contribution in [0.25, 0.3) is 0 Å². The highest BCUT2D eigenvalue weighted by atomic mass is 16.5. The van der Waals surface area contributed by atoms with E-state index in [9.17, 15) is 19.9 Å². The minimum absolute atomic E-state index is 0.0111. The lowest BCUT2D eigenvalue weighted by Gasteiger charge is -2.70. The Labute approximate surface area is 273 Å². The molecule has 6 rings (SSSR count). The molecule has 1 amide bonds. The molecule has 9 atom stereocenters. The number of aliphatic hydroxyl groups is 1. The number of fused-ring (bicyclic) bond motifs is 7. The average molecular weight is 625 g/mol. The third kappa shape index (κ3) is 4.56. The van der Waals surface area contributed by atoms with Crippen molar-refractivity contribution in [2.75, 3.05) is 0 Å². The molecule has 0 bridgehead atoms. The lowest BCUT2D eigenvalue weighted by molar-refractivity contribution is -0.246. The molecular formula is C39H64N2O4. The van der Waals surface area contributed by atoms with E-state index < -0.39 is 16.5 Å². The molecule has 3 N–H and O–H groups in total. The largest absolute Gasteiger partial charge is 0.393 e. The summed E-state index contributed by atoms with van der Waals surface area (Å²) in [5, 5.41) is 26.8. The summed E-state index contributed by atoms with van der Waals surface area (Å²) >= 11 is 0. The average Bonchev–Trinajstić information content (AvgIpc) is 2.91. The van der Waals surface area contributed by atoms with E-state index in [4.69, 9.17) is 0 Å². The second-order valence-corrected chi connectivity index (χ2v) is 20.1. The number of nitrogens with one attached hydrogen (secondary N) is 1. The summed E-state index contributed by atoms with van der Waals surface area (Å²) < 4.78 is 0. The molecule has 45 heavy (non-hydrogen) atoms. The molecule has 5 fully saturated rings. The van der Waals surface area contributed by atoms with Gasteiger partial charge < -0.3 is 15.6 Å². The first-order chi connectivity index (χ1) is 20.5. The highest BCUT2D eigenvalue weighted by molar-refractivity contribution is 5.95. The lowest BCUT2D eigenvalue weighted by Crippen LogP contribution is -2.66. The van der Waals surface area contributed by atoms with Gasteiger partial charge in [-0.3, -0.25) is 9.59 Å². The van der Waals surface area contributed by atoms with E-state index in [-0.39, 0.29) is 57.0 Å². The standard InChI is InChI=1S/C39H64N2O4/c1-32(2)21-24(22-33(3,4)41(32)45)40-31(44)36(8)17-16-35(7)18-19-38(10)25(26(35)23-36)20-27(42)30-37(9)14-13-29(43)34(5,6)28(37)12-15-39(30,38)11/h20,24,26,28-30,43,45H,12-19,21-23H2,1-11H3,(H,40,44)/t26-,28-,29-,30+,35+,36-,37-,38+,39+/m0/s1. The zero-order valence-electron chi connectivity index (χ0n) is 30.4. The molecule has 6 aliphatic rings. The number of allylic oxidation sites excluding steroid dienone is 2. The van der Waals surface area contributed by atoms with Crippen LogP contribution in [-0.4, -0.2) is 50.3 Å². The van der Waals surface area contributed by atoms with Gasteiger partial charge in [0.1, 0.15) is 0 Å². The first-order valence-electron chi connectivity index (χ1n) is 18.2. The number of piperidine rings is 1. The molecule has 0 unspecified atom stereocenters. The molecular weight excluding hydrogens is 560 g/mol. The van der Waals surface area contributed by atoms with Crippen molar-refractivity contribution in [1.29, 1.82) is 0 Å². The Morgan fingerprint density at radius 1 is 0.822 bits per heavy atom. The summed E-state index contributed by atoms with van der Waals surface area (Å²) in [6.07, 6.45) is 11.9. The van der Waals surface area contributed by atoms with Crippen LogP contribution < -0.4 is 5.32 Å². The molecule has 6 heteroatoms. The molecule has 6 nitrogen and oxygen atoms in total. The topological polar surface area (TPSA) is 89.9 Å². The first kappa shape index (κ1) is 33.7. The predicted octanol–water partition coefficient (Wildman–Crippen LogP) is 7.86. The molecule has 0 aromatic rings. The second kappa shape index (κ2) is 9.91. The predicted molar refractivity (Wildman–Crippen MR) is 178 cm³/mol. The van der Waals surface area contributed by atoms with Crippen LogP contribution in [0.4, 0.5) is 0 Å². The van der Waals surface area contributed by atoms with E-state index in [2.05, 4.69) is 87.6 Å². The van der Waals surface area contributed by atoms with Crippen molar-refractivity contribution in [2.45, 2.75) is 170 Å². The van der Waals surface area contributed by atoms with Gasteiger partial charge in [-0.05, 0) is 143 Å². The highest BCUT2D eigenvalue weighted by Gasteiger charge is 2.70. The minimum atomic E-state index is -0.498. The van der Waals surface area contributed by atoms with Crippen molar-refractivity contribution in [1.82, 2.24) is 10.4 Å². The second-order valence-electron chi connectivity index (χ2n) is 20.1. The van der Waals surface area contributed by atoms with E-state index in [1.54, 1.807) is 0 Å². The maximum atomic E-state index is 14.6. The Morgan fingerprint density at radius 3 is 2.04 bits per heavy atom. The Balaban J connectivity index is 1.31. The number of amides is 1. The van der Waals surface area contributed by atoms with Gasteiger partial charge in [0.2, 0.25) is 5.91 Å². The molecule has 0 aromatic carbocycles. The number of hydroxylamine groups is 2. The van der Waals surface area contributed by atoms with Gasteiger partial charge in [-0.15, -0.1) is 0 Å². The fourth-order valence-corrected chi connectivity index (χ4v) is 13.1. The fraction of sp³-hybridized carbons (Fsp3) is 0.897. The number of carbonyl (C=O) groups excluding carboxylic acids is 2. The smallest absolute Gasteiger partial charge is 0.226 e. The maximum Gasteiger partial charge on any atom is 0.226 e. The number of hydrogen-bond donors (Lipinski definition) is 3. The van der Waals surface area contributed by atoms with Crippen LogP contribution in [0.15, 0.2) is 11.6 Å². The molecule has 0 aromatic heterocycles. The molecule has 1 aliphatic heterocycles. The van der Waals surface area contributed by atoms with E-state index in [1.165, 1.54) is 10.6 Å². The molecule has 254 valence electrons. The van der Waals surface area contributed by atoms with Crippen molar-refractivity contribution in [2.24, 2.45) is 50.2 Å². The van der Waals surface area contributed by atoms with E-state index in [0.29, 0.717) is 24.5 Å². The van der Waals surface area contributed by atoms with Crippen LogP contribution >= 0.6 is 0 Å². The normalized spacial score (nSPS) is 49.1. The first-order valence-corrected chi connectivity index (χ1v) is 18.2. The third-order valence-electron chi connectivity index (χ3n) is 16.1. The summed E-state index contributed by atoms with van der Waals surface area (Å²) in [4.78, 5) is 28.9. The maximum absolute atomic E-state index is 14.6. The molecule has 1 saturated heterocycles. The SMILES string of the molecule is CC1(C)[C@@H](O)CC[C@]2(C)[C@H]3C(=O)C=C4[C@@H]5C[C@@](C)(C(=O)NC6CC(C)(C)N(O)C(C)(C)C6)CC[C@]5(C)CC[C@@]4(C)[C@]3(C)CC[C@@H]12. The van der Waals surface area contributed by atoms with Gasteiger partial charge in [0.05, 0.1) is 6.10 Å². The zero-order chi connectivity index (χ0) is 33.4. The molecule has 0 radical (unpaired) electrons. The van der Waals surface area contributed by atoms with E-state index >= 15 is 0 Å². The van der Waals surface area contributed by atoms with Crippen LogP contribution in [0.2, 0.25) is 0 Å².